The number of hydrogen-bond donors (Lipinski definition) is 0. The van der Waals surface area contributed by atoms with Crippen molar-refractivity contribution in [2.45, 2.75) is 18.9 Å². The number of methoxy groups -OCH3 is 1. The number of ether oxygens (including phenoxy) is 1. The van der Waals surface area contributed by atoms with Crippen molar-refractivity contribution in [2.24, 2.45) is 0 Å². The van der Waals surface area contributed by atoms with Crippen LogP contribution in [0, 0.1) is 0 Å². The van der Waals surface area contributed by atoms with Crippen LogP contribution in [0.2, 0.25) is 0 Å². The van der Waals surface area contributed by atoms with Gasteiger partial charge in [0.25, 0.3) is 5.91 Å². The van der Waals surface area contributed by atoms with Crippen LogP contribution < -0.4 is 0 Å². The van der Waals surface area contributed by atoms with Crippen molar-refractivity contribution in [3.63, 3.8) is 0 Å². The molecule has 4 nitrogen and oxygen atoms in total. The van der Waals surface area contributed by atoms with Gasteiger partial charge in [-0.05, 0) is 50.8 Å². The number of likely N-dealkylation sites (tertiary alicyclic amines) is 1. The van der Waals surface area contributed by atoms with Crippen molar-refractivity contribution in [3.05, 3.63) is 26.9 Å². The Morgan fingerprint density at radius 1 is 1.61 bits per heavy atom. The minimum Gasteiger partial charge on any atom is -0.383 e. The normalized spacial score (nSPS) is 19.3. The van der Waals surface area contributed by atoms with Gasteiger partial charge < -0.3 is 9.64 Å². The Hall–Kier alpha value is -0.460. The number of amides is 1. The number of carbonyl (C=O) groups excluding carboxylic acids is 1. The predicted molar refractivity (Wildman–Crippen MR) is 75.6 cm³/mol. The van der Waals surface area contributed by atoms with E-state index in [1.54, 1.807) is 13.3 Å². The summed E-state index contributed by atoms with van der Waals surface area (Å²) in [6.45, 7) is 1.36. The highest BCUT2D eigenvalue weighted by atomic mass is 79.9. The van der Waals surface area contributed by atoms with Crippen molar-refractivity contribution in [3.8, 4) is 0 Å². The van der Waals surface area contributed by atoms with Gasteiger partial charge in [-0.25, -0.2) is 4.98 Å². The SMILES string of the molecule is COC[C@@H]1CCCN1C(=O)c1ncc(Br)cc1Br. The fraction of sp³-hybridized carbons (Fsp3) is 0.500. The fourth-order valence-electron chi connectivity index (χ4n) is 2.18. The summed E-state index contributed by atoms with van der Waals surface area (Å²) >= 11 is 6.71. The molecule has 6 heteroatoms. The summed E-state index contributed by atoms with van der Waals surface area (Å²) in [5, 5.41) is 0. The molecule has 1 amide bonds. The molecule has 0 saturated carbocycles. The molecule has 0 aromatic carbocycles. The maximum Gasteiger partial charge on any atom is 0.273 e. The highest BCUT2D eigenvalue weighted by Gasteiger charge is 2.30. The third-order valence-electron chi connectivity index (χ3n) is 3.01. The summed E-state index contributed by atoms with van der Waals surface area (Å²) in [5.74, 6) is -0.0334. The van der Waals surface area contributed by atoms with Crippen LogP contribution in [0.1, 0.15) is 23.3 Å². The summed E-state index contributed by atoms with van der Waals surface area (Å²) in [5.41, 5.74) is 0.459. The molecule has 2 heterocycles. The maximum atomic E-state index is 12.4. The van der Waals surface area contributed by atoms with Gasteiger partial charge in [-0.1, -0.05) is 0 Å². The Bertz CT molecular complexity index is 454. The van der Waals surface area contributed by atoms with Crippen LogP contribution in [0.5, 0.6) is 0 Å². The lowest BCUT2D eigenvalue weighted by Gasteiger charge is -2.24. The molecule has 18 heavy (non-hydrogen) atoms. The Morgan fingerprint density at radius 2 is 2.39 bits per heavy atom. The van der Waals surface area contributed by atoms with E-state index in [9.17, 15) is 4.79 Å². The van der Waals surface area contributed by atoms with Gasteiger partial charge in [-0.2, -0.15) is 0 Å². The van der Waals surface area contributed by atoms with Gasteiger partial charge >= 0.3 is 0 Å². The van der Waals surface area contributed by atoms with Crippen LogP contribution in [0.25, 0.3) is 0 Å². The van der Waals surface area contributed by atoms with Gasteiger partial charge in [0.15, 0.2) is 0 Å². The Kier molecular flexibility index (Phi) is 4.75. The number of pyridine rings is 1. The Balaban J connectivity index is 2.20. The molecular weight excluding hydrogens is 364 g/mol. The molecule has 1 saturated heterocycles. The maximum absolute atomic E-state index is 12.4. The minimum atomic E-state index is -0.0334. The first kappa shape index (κ1) is 14.0. The first-order chi connectivity index (χ1) is 8.63. The molecule has 98 valence electrons. The quantitative estimate of drug-likeness (QED) is 0.813. The molecular formula is C12H14Br2N2O2. The first-order valence-electron chi connectivity index (χ1n) is 5.74. The van der Waals surface area contributed by atoms with Crippen molar-refractivity contribution in [1.29, 1.82) is 0 Å². The van der Waals surface area contributed by atoms with Gasteiger partial charge in [-0.15, -0.1) is 0 Å². The predicted octanol–water partition coefficient (Wildman–Crippen LogP) is 2.86. The van der Waals surface area contributed by atoms with E-state index in [4.69, 9.17) is 4.74 Å². The topological polar surface area (TPSA) is 42.4 Å². The molecule has 0 N–H and O–H groups in total. The molecule has 1 aliphatic rings. The van der Waals surface area contributed by atoms with Crippen LogP contribution >= 0.6 is 31.9 Å². The highest BCUT2D eigenvalue weighted by Crippen LogP contribution is 2.25. The summed E-state index contributed by atoms with van der Waals surface area (Å²) < 4.78 is 6.72. The van der Waals surface area contributed by atoms with E-state index >= 15 is 0 Å². The average Bonchev–Trinajstić information content (AvgIpc) is 2.77. The molecule has 2 rings (SSSR count). The molecule has 1 aromatic heterocycles. The molecule has 1 aromatic rings. The average molecular weight is 378 g/mol. The van der Waals surface area contributed by atoms with E-state index in [-0.39, 0.29) is 11.9 Å². The zero-order chi connectivity index (χ0) is 13.1. The number of halogens is 2. The van der Waals surface area contributed by atoms with Crippen LogP contribution in [-0.2, 0) is 4.74 Å². The smallest absolute Gasteiger partial charge is 0.273 e. The lowest BCUT2D eigenvalue weighted by Crippen LogP contribution is -2.38. The molecule has 0 unspecified atom stereocenters. The number of aromatic nitrogens is 1. The fourth-order valence-corrected chi connectivity index (χ4v) is 3.33. The molecule has 0 spiro atoms. The van der Waals surface area contributed by atoms with Gasteiger partial charge in [-0.3, -0.25) is 4.79 Å². The molecule has 1 fully saturated rings. The second-order valence-electron chi connectivity index (χ2n) is 4.23. The minimum absolute atomic E-state index is 0.0334. The molecule has 0 bridgehead atoms. The number of carbonyl (C=O) groups is 1. The van der Waals surface area contributed by atoms with E-state index in [0.29, 0.717) is 16.8 Å². The molecule has 1 aliphatic heterocycles. The van der Waals surface area contributed by atoms with Crippen LogP contribution in [0.15, 0.2) is 21.2 Å². The number of nitrogens with zero attached hydrogens (tertiary/aromatic N) is 2. The van der Waals surface area contributed by atoms with Gasteiger partial charge in [0.05, 0.1) is 17.1 Å². The second kappa shape index (κ2) is 6.12. The third kappa shape index (κ3) is 2.92. The third-order valence-corrected chi connectivity index (χ3v) is 4.05. The standard InChI is InChI=1S/C12H14Br2N2O2/c1-18-7-9-3-2-4-16(9)12(17)11-10(14)5-8(13)6-15-11/h5-6,9H,2-4,7H2,1H3/t9-/m0/s1. The lowest BCUT2D eigenvalue weighted by atomic mass is 10.2. The zero-order valence-corrected chi connectivity index (χ0v) is 13.2. The van der Waals surface area contributed by atoms with Gasteiger partial charge in [0, 0.05) is 24.3 Å². The monoisotopic (exact) mass is 376 g/mol. The van der Waals surface area contributed by atoms with E-state index in [1.807, 2.05) is 11.0 Å². The van der Waals surface area contributed by atoms with Crippen molar-refractivity contribution < 1.29 is 9.53 Å². The summed E-state index contributed by atoms with van der Waals surface area (Å²) in [7, 11) is 1.66. The van der Waals surface area contributed by atoms with Crippen molar-refractivity contribution in [2.75, 3.05) is 20.3 Å². The van der Waals surface area contributed by atoms with Crippen LogP contribution in [0.4, 0.5) is 0 Å². The summed E-state index contributed by atoms with van der Waals surface area (Å²) in [6.07, 6.45) is 3.65. The zero-order valence-electron chi connectivity index (χ0n) is 10.0. The van der Waals surface area contributed by atoms with Crippen molar-refractivity contribution >= 4 is 37.8 Å². The number of hydrogen-bond acceptors (Lipinski definition) is 3. The highest BCUT2D eigenvalue weighted by molar-refractivity contribution is 9.11. The summed E-state index contributed by atoms with van der Waals surface area (Å²) in [4.78, 5) is 18.5. The van der Waals surface area contributed by atoms with Gasteiger partial charge in [0.2, 0.25) is 0 Å². The second-order valence-corrected chi connectivity index (χ2v) is 6.00. The van der Waals surface area contributed by atoms with Gasteiger partial charge in [0.1, 0.15) is 5.69 Å². The van der Waals surface area contributed by atoms with Crippen LogP contribution in [-0.4, -0.2) is 42.1 Å². The van der Waals surface area contributed by atoms with E-state index in [1.165, 1.54) is 0 Å². The Labute approximate surface area is 123 Å². The van der Waals surface area contributed by atoms with E-state index < -0.39 is 0 Å². The van der Waals surface area contributed by atoms with Crippen LogP contribution in [0.3, 0.4) is 0 Å². The molecule has 1 atom stereocenters. The van der Waals surface area contributed by atoms with Crippen molar-refractivity contribution in [1.82, 2.24) is 9.88 Å². The summed E-state index contributed by atoms with van der Waals surface area (Å²) in [6, 6.07) is 2.00. The van der Waals surface area contributed by atoms with E-state index in [2.05, 4.69) is 36.8 Å². The molecule has 0 radical (unpaired) electrons. The Morgan fingerprint density at radius 3 is 3.06 bits per heavy atom. The lowest BCUT2D eigenvalue weighted by molar-refractivity contribution is 0.0624. The largest absolute Gasteiger partial charge is 0.383 e. The first-order valence-corrected chi connectivity index (χ1v) is 7.33. The molecule has 0 aliphatic carbocycles. The number of rotatable bonds is 3. The van der Waals surface area contributed by atoms with E-state index in [0.717, 1.165) is 23.9 Å².